The molecule has 0 aromatic heterocycles. The third-order valence-electron chi connectivity index (χ3n) is 5.12. The Bertz CT molecular complexity index is 1030. The van der Waals surface area contributed by atoms with E-state index < -0.39 is 10.0 Å². The molecule has 28 heavy (non-hydrogen) atoms. The number of nitrogens with one attached hydrogen (secondary N) is 1. The summed E-state index contributed by atoms with van der Waals surface area (Å²) in [6, 6.07) is 10.7. The lowest BCUT2D eigenvalue weighted by Gasteiger charge is -2.21. The minimum absolute atomic E-state index is 0.0299. The minimum Gasteiger partial charge on any atom is -0.496 e. The maximum Gasteiger partial charge on any atom is 0.242 e. The van der Waals surface area contributed by atoms with Gasteiger partial charge in [-0.05, 0) is 43.0 Å². The highest BCUT2D eigenvalue weighted by molar-refractivity contribution is 9.10. The Labute approximate surface area is 173 Å². The summed E-state index contributed by atoms with van der Waals surface area (Å²) in [5.74, 6) is 0.684. The van der Waals surface area contributed by atoms with Crippen molar-refractivity contribution in [2.24, 2.45) is 5.92 Å². The lowest BCUT2D eigenvalue weighted by molar-refractivity contribution is -0.119. The van der Waals surface area contributed by atoms with Gasteiger partial charge in [0.25, 0.3) is 0 Å². The molecule has 0 saturated heterocycles. The number of nitrogens with zero attached hydrogens (tertiary/aromatic N) is 1. The van der Waals surface area contributed by atoms with E-state index in [4.69, 9.17) is 4.74 Å². The molecule has 1 amide bonds. The molecule has 6 nitrogen and oxygen atoms in total. The molecule has 4 rings (SSSR count). The Kier molecular flexibility index (Phi) is 5.20. The second kappa shape index (κ2) is 7.50. The van der Waals surface area contributed by atoms with E-state index in [1.54, 1.807) is 24.1 Å². The van der Waals surface area contributed by atoms with Gasteiger partial charge in [-0.15, -0.1) is 0 Å². The third kappa shape index (κ3) is 3.68. The summed E-state index contributed by atoms with van der Waals surface area (Å²) in [4.78, 5) is 14.5. The highest BCUT2D eigenvalue weighted by Crippen LogP contribution is 2.41. The van der Waals surface area contributed by atoms with Crippen LogP contribution in [0, 0.1) is 5.92 Å². The van der Waals surface area contributed by atoms with Crippen molar-refractivity contribution >= 4 is 37.5 Å². The molecule has 2 aromatic carbocycles. The van der Waals surface area contributed by atoms with Gasteiger partial charge in [0.05, 0.1) is 12.8 Å². The largest absolute Gasteiger partial charge is 0.496 e. The number of sulfonamides is 1. The van der Waals surface area contributed by atoms with Crippen LogP contribution < -0.4 is 14.4 Å². The average Bonchev–Trinajstić information content (AvgIpc) is 3.45. The zero-order valence-electron chi connectivity index (χ0n) is 15.4. The normalized spacial score (nSPS) is 16.1. The number of para-hydroxylation sites is 1. The van der Waals surface area contributed by atoms with Crippen molar-refractivity contribution < 1.29 is 17.9 Å². The molecule has 1 heterocycles. The van der Waals surface area contributed by atoms with Gasteiger partial charge in [-0.1, -0.05) is 34.1 Å². The summed E-state index contributed by atoms with van der Waals surface area (Å²) < 4.78 is 35.0. The van der Waals surface area contributed by atoms with E-state index in [2.05, 4.69) is 20.7 Å². The van der Waals surface area contributed by atoms with Crippen molar-refractivity contribution in [2.45, 2.75) is 30.7 Å². The first kappa shape index (κ1) is 19.4. The summed E-state index contributed by atoms with van der Waals surface area (Å²) in [6.45, 7) is 0.625. The van der Waals surface area contributed by atoms with Crippen LogP contribution in [0.15, 0.2) is 45.8 Å². The molecule has 1 saturated carbocycles. The molecule has 2 aliphatic rings. The number of carbonyl (C=O) groups excluding carboxylic acids is 1. The standard InChI is InChI=1S/C20H21BrN2O4S/c1-27-17-5-3-2-4-15(17)12-22-28(25,26)18-11-16(21)10-14-8-9-23(19(14)18)20(24)13-6-7-13/h2-5,10-11,13,22H,6-9,12H2,1H3. The van der Waals surface area contributed by atoms with Gasteiger partial charge >= 0.3 is 0 Å². The van der Waals surface area contributed by atoms with Gasteiger partial charge in [-0.3, -0.25) is 4.79 Å². The number of methoxy groups -OCH3 is 1. The Morgan fingerprint density at radius 2 is 2.04 bits per heavy atom. The Morgan fingerprint density at radius 1 is 1.29 bits per heavy atom. The van der Waals surface area contributed by atoms with Crippen LogP contribution in [0.2, 0.25) is 0 Å². The predicted octanol–water partition coefficient (Wildman–Crippen LogP) is 3.24. The smallest absolute Gasteiger partial charge is 0.242 e. The molecule has 1 fully saturated rings. The monoisotopic (exact) mass is 464 g/mol. The fourth-order valence-corrected chi connectivity index (χ4v) is 5.48. The summed E-state index contributed by atoms with van der Waals surface area (Å²) in [5, 5.41) is 0. The quantitative estimate of drug-likeness (QED) is 0.711. The lowest BCUT2D eigenvalue weighted by atomic mass is 10.2. The van der Waals surface area contributed by atoms with Crippen LogP contribution >= 0.6 is 15.9 Å². The van der Waals surface area contributed by atoms with E-state index in [1.807, 2.05) is 24.3 Å². The SMILES string of the molecule is COc1ccccc1CNS(=O)(=O)c1cc(Br)cc2c1N(C(=O)C1CC1)CC2. The topological polar surface area (TPSA) is 75.7 Å². The molecule has 0 radical (unpaired) electrons. The molecule has 0 bridgehead atoms. The van der Waals surface area contributed by atoms with Crippen LogP contribution in [0.5, 0.6) is 5.75 Å². The Balaban J connectivity index is 1.67. The van der Waals surface area contributed by atoms with E-state index in [0.717, 1.165) is 24.0 Å². The summed E-state index contributed by atoms with van der Waals surface area (Å²) in [6.07, 6.45) is 2.42. The van der Waals surface area contributed by atoms with E-state index in [1.165, 1.54) is 0 Å². The number of rotatable bonds is 6. The Morgan fingerprint density at radius 3 is 2.75 bits per heavy atom. The highest BCUT2D eigenvalue weighted by atomic mass is 79.9. The number of ether oxygens (including phenoxy) is 1. The number of hydrogen-bond donors (Lipinski definition) is 1. The first-order valence-electron chi connectivity index (χ1n) is 9.16. The van der Waals surface area contributed by atoms with Gasteiger partial charge in [-0.2, -0.15) is 0 Å². The maximum atomic E-state index is 13.2. The van der Waals surface area contributed by atoms with Crippen LogP contribution in [0.25, 0.3) is 0 Å². The van der Waals surface area contributed by atoms with Crippen LogP contribution in [-0.4, -0.2) is 28.0 Å². The molecule has 0 spiro atoms. The molecule has 148 valence electrons. The lowest BCUT2D eigenvalue weighted by Crippen LogP contribution is -2.32. The van der Waals surface area contributed by atoms with Gasteiger partial charge in [0.15, 0.2) is 0 Å². The first-order chi connectivity index (χ1) is 13.4. The molecular formula is C20H21BrN2O4S. The van der Waals surface area contributed by atoms with Gasteiger partial charge in [0, 0.05) is 29.0 Å². The second-order valence-corrected chi connectivity index (χ2v) is 9.71. The first-order valence-corrected chi connectivity index (χ1v) is 11.4. The molecular weight excluding hydrogens is 444 g/mol. The molecule has 1 aliphatic carbocycles. The number of amides is 1. The number of anilines is 1. The van der Waals surface area contributed by atoms with Gasteiger partial charge in [0.2, 0.25) is 15.9 Å². The third-order valence-corrected chi connectivity index (χ3v) is 6.99. The zero-order valence-corrected chi connectivity index (χ0v) is 17.8. The van der Waals surface area contributed by atoms with Crippen LogP contribution in [0.3, 0.4) is 0 Å². The minimum atomic E-state index is -3.83. The molecule has 2 aromatic rings. The fraction of sp³-hybridized carbons (Fsp3) is 0.350. The van der Waals surface area contributed by atoms with Crippen LogP contribution in [-0.2, 0) is 27.8 Å². The summed E-state index contributed by atoms with van der Waals surface area (Å²) in [5.41, 5.74) is 2.14. The van der Waals surface area contributed by atoms with E-state index in [-0.39, 0.29) is 23.3 Å². The predicted molar refractivity (Wildman–Crippen MR) is 110 cm³/mol. The number of carbonyl (C=O) groups is 1. The molecule has 1 aliphatic heterocycles. The second-order valence-electron chi connectivity index (χ2n) is 7.06. The van der Waals surface area contributed by atoms with E-state index >= 15 is 0 Å². The number of benzene rings is 2. The number of fused-ring (bicyclic) bond motifs is 1. The molecule has 0 atom stereocenters. The van der Waals surface area contributed by atoms with Crippen molar-refractivity contribution in [1.82, 2.24) is 4.72 Å². The van der Waals surface area contributed by atoms with Crippen LogP contribution in [0.4, 0.5) is 5.69 Å². The van der Waals surface area contributed by atoms with Gasteiger partial charge in [0.1, 0.15) is 10.6 Å². The molecule has 1 N–H and O–H groups in total. The fourth-order valence-electron chi connectivity index (χ4n) is 3.54. The summed E-state index contributed by atoms with van der Waals surface area (Å²) in [7, 11) is -2.28. The van der Waals surface area contributed by atoms with Crippen molar-refractivity contribution in [3.05, 3.63) is 52.0 Å². The van der Waals surface area contributed by atoms with Crippen LogP contribution in [0.1, 0.15) is 24.0 Å². The highest BCUT2D eigenvalue weighted by Gasteiger charge is 2.39. The van der Waals surface area contributed by atoms with Gasteiger partial charge in [-0.25, -0.2) is 13.1 Å². The maximum absolute atomic E-state index is 13.2. The van der Waals surface area contributed by atoms with E-state index in [0.29, 0.717) is 28.9 Å². The zero-order chi connectivity index (χ0) is 19.9. The van der Waals surface area contributed by atoms with Crippen molar-refractivity contribution in [3.8, 4) is 5.75 Å². The number of halogens is 1. The van der Waals surface area contributed by atoms with Gasteiger partial charge < -0.3 is 9.64 Å². The van der Waals surface area contributed by atoms with E-state index in [9.17, 15) is 13.2 Å². The van der Waals surface area contributed by atoms with Crippen molar-refractivity contribution in [2.75, 3.05) is 18.6 Å². The van der Waals surface area contributed by atoms with Crippen molar-refractivity contribution in [3.63, 3.8) is 0 Å². The molecule has 0 unspecified atom stereocenters. The summed E-state index contributed by atoms with van der Waals surface area (Å²) >= 11 is 3.41. The average molecular weight is 465 g/mol. The Hall–Kier alpha value is -1.90. The van der Waals surface area contributed by atoms with Crippen molar-refractivity contribution in [1.29, 1.82) is 0 Å². The molecule has 8 heteroatoms. The number of hydrogen-bond acceptors (Lipinski definition) is 4.